The van der Waals surface area contributed by atoms with Crippen molar-refractivity contribution in [3.63, 3.8) is 0 Å². The molecule has 3 N–H and O–H groups in total. The van der Waals surface area contributed by atoms with Crippen molar-refractivity contribution in [2.24, 2.45) is 11.8 Å². The maximum atomic E-state index is 14.0. The van der Waals surface area contributed by atoms with Gasteiger partial charge in [0, 0.05) is 18.5 Å². The molecule has 13 heteroatoms. The predicted molar refractivity (Wildman–Crippen MR) is 216 cm³/mol. The molecule has 2 heterocycles. The van der Waals surface area contributed by atoms with Crippen molar-refractivity contribution in [1.29, 1.82) is 0 Å². The minimum absolute atomic E-state index is 0.0175. The number of amides is 2. The first-order chi connectivity index (χ1) is 27.5. The zero-order chi connectivity index (χ0) is 42.1. The van der Waals surface area contributed by atoms with E-state index >= 15 is 0 Å². The topological polar surface area (TPSA) is 175 Å². The lowest BCUT2D eigenvalue weighted by atomic mass is 9.69. The lowest BCUT2D eigenvalue weighted by Crippen LogP contribution is -2.52. The van der Waals surface area contributed by atoms with Crippen molar-refractivity contribution >= 4 is 23.8 Å². The summed E-state index contributed by atoms with van der Waals surface area (Å²) in [6.45, 7) is 14.0. The number of hydrogen-bond donors (Lipinski definition) is 3. The SMILES string of the molecule is CC(COC(C)COC(=O)c1ccccc1)NC(=O)C1CC(O)(CCC2OC2(C)CCC2OC2(C)C)CCC1C(=O)NCC(C)OCC(C)OC(=O)c1ccccc1. The second-order valence-corrected chi connectivity index (χ2v) is 17.4. The molecule has 2 aromatic rings. The number of ether oxygens (including phenoxy) is 6. The van der Waals surface area contributed by atoms with E-state index in [0.29, 0.717) is 36.8 Å². The second-order valence-electron chi connectivity index (χ2n) is 17.4. The van der Waals surface area contributed by atoms with E-state index < -0.39 is 53.7 Å². The molecule has 0 aromatic heterocycles. The van der Waals surface area contributed by atoms with Crippen molar-refractivity contribution in [3.8, 4) is 0 Å². The van der Waals surface area contributed by atoms with Crippen molar-refractivity contribution in [2.45, 2.75) is 147 Å². The van der Waals surface area contributed by atoms with Crippen LogP contribution in [-0.2, 0) is 38.0 Å². The maximum Gasteiger partial charge on any atom is 0.338 e. The summed E-state index contributed by atoms with van der Waals surface area (Å²) in [5.74, 6) is -2.98. The molecule has 3 fully saturated rings. The highest BCUT2D eigenvalue weighted by atomic mass is 16.6. The first kappa shape index (κ1) is 45.2. The van der Waals surface area contributed by atoms with Gasteiger partial charge in [-0.2, -0.15) is 0 Å². The summed E-state index contributed by atoms with van der Waals surface area (Å²) in [5.41, 5.74) is -0.564. The van der Waals surface area contributed by atoms with Gasteiger partial charge in [0.1, 0.15) is 12.7 Å². The molecule has 320 valence electrons. The van der Waals surface area contributed by atoms with E-state index in [1.54, 1.807) is 69.3 Å². The summed E-state index contributed by atoms with van der Waals surface area (Å²) < 4.78 is 34.5. The molecule has 1 saturated carbocycles. The van der Waals surface area contributed by atoms with Crippen LogP contribution in [-0.4, -0.2) is 109 Å². The molecule has 3 aliphatic rings. The Morgan fingerprint density at radius 3 is 1.98 bits per heavy atom. The third-order valence-corrected chi connectivity index (χ3v) is 11.6. The highest BCUT2D eigenvalue weighted by Crippen LogP contribution is 2.49. The van der Waals surface area contributed by atoms with E-state index in [-0.39, 0.29) is 68.0 Å². The average Bonchev–Trinajstić information content (AvgIpc) is 4.07. The van der Waals surface area contributed by atoms with Crippen LogP contribution in [0.1, 0.15) is 114 Å². The van der Waals surface area contributed by atoms with Crippen molar-refractivity contribution < 1.29 is 52.7 Å². The minimum atomic E-state index is -1.14. The molecule has 1 aliphatic carbocycles. The standard InChI is InChI=1S/C45H64N2O11/c1-29(26-53-31(3)27-55-41(50)33-14-10-8-11-15-33)47-40(49)36-24-45(52,23-20-38-44(7,58-38)21-19-37-43(5,6)57-37)22-18-35(36)39(48)46-25-30(2)54-28-32(4)56-42(51)34-16-12-9-13-17-34/h8-17,29-32,35-38,52H,18-28H2,1-7H3,(H,46,48)(H,47,49). The second kappa shape index (κ2) is 19.9. The molecule has 0 radical (unpaired) electrons. The number of carbonyl (C=O) groups excluding carboxylic acids is 4. The monoisotopic (exact) mass is 808 g/mol. The normalized spacial score (nSPS) is 27.9. The van der Waals surface area contributed by atoms with Crippen molar-refractivity contribution in [3.05, 3.63) is 71.8 Å². The lowest BCUT2D eigenvalue weighted by Gasteiger charge is -2.41. The fraction of sp³-hybridized carbons (Fsp3) is 0.644. The zero-order valence-electron chi connectivity index (χ0n) is 35.2. The Hall–Kier alpha value is -3.88. The van der Waals surface area contributed by atoms with Crippen LogP contribution in [0.25, 0.3) is 0 Å². The number of esters is 2. The fourth-order valence-electron chi connectivity index (χ4n) is 7.72. The first-order valence-electron chi connectivity index (χ1n) is 20.8. The predicted octanol–water partition coefficient (Wildman–Crippen LogP) is 5.56. The van der Waals surface area contributed by atoms with Gasteiger partial charge < -0.3 is 44.2 Å². The van der Waals surface area contributed by atoms with Crippen molar-refractivity contribution in [2.75, 3.05) is 26.4 Å². The van der Waals surface area contributed by atoms with Gasteiger partial charge in [-0.15, -0.1) is 0 Å². The van der Waals surface area contributed by atoms with Crippen LogP contribution < -0.4 is 10.6 Å². The van der Waals surface area contributed by atoms with E-state index in [9.17, 15) is 24.3 Å². The Labute approximate surface area is 343 Å². The van der Waals surface area contributed by atoms with E-state index in [0.717, 1.165) is 12.8 Å². The van der Waals surface area contributed by atoms with E-state index in [2.05, 4.69) is 31.4 Å². The molecule has 2 aromatic carbocycles. The number of aliphatic hydroxyl groups is 1. The number of rotatable bonds is 22. The van der Waals surface area contributed by atoms with Crippen LogP contribution in [0.4, 0.5) is 0 Å². The van der Waals surface area contributed by atoms with Gasteiger partial charge in [-0.25, -0.2) is 9.59 Å². The van der Waals surface area contributed by atoms with Gasteiger partial charge in [0.2, 0.25) is 11.8 Å². The van der Waals surface area contributed by atoms with Crippen LogP contribution in [0.3, 0.4) is 0 Å². The van der Waals surface area contributed by atoms with Gasteiger partial charge >= 0.3 is 11.9 Å². The highest BCUT2D eigenvalue weighted by Gasteiger charge is 2.56. The van der Waals surface area contributed by atoms with Gasteiger partial charge in [0.15, 0.2) is 0 Å². The van der Waals surface area contributed by atoms with Crippen LogP contribution in [0, 0.1) is 11.8 Å². The molecule has 10 unspecified atom stereocenters. The molecule has 13 nitrogen and oxygen atoms in total. The number of epoxide rings is 2. The molecule has 58 heavy (non-hydrogen) atoms. The minimum Gasteiger partial charge on any atom is -0.459 e. The molecule has 0 spiro atoms. The molecular weight excluding hydrogens is 744 g/mol. The van der Waals surface area contributed by atoms with Gasteiger partial charge in [-0.3, -0.25) is 9.59 Å². The Morgan fingerprint density at radius 2 is 1.34 bits per heavy atom. The molecular formula is C45H64N2O11. The lowest BCUT2D eigenvalue weighted by molar-refractivity contribution is -0.144. The third-order valence-electron chi connectivity index (χ3n) is 11.6. The molecule has 2 saturated heterocycles. The summed E-state index contributed by atoms with van der Waals surface area (Å²) in [5, 5.41) is 17.9. The summed E-state index contributed by atoms with van der Waals surface area (Å²) in [7, 11) is 0. The Bertz CT molecular complexity index is 1670. The Balaban J connectivity index is 1.12. The van der Waals surface area contributed by atoms with Gasteiger partial charge in [0.05, 0.1) is 71.5 Å². The summed E-state index contributed by atoms with van der Waals surface area (Å²) >= 11 is 0. The fourth-order valence-corrected chi connectivity index (χ4v) is 7.72. The zero-order valence-corrected chi connectivity index (χ0v) is 35.2. The maximum absolute atomic E-state index is 14.0. The summed E-state index contributed by atoms with van der Waals surface area (Å²) in [6.07, 6.45) is 2.66. The summed E-state index contributed by atoms with van der Waals surface area (Å²) in [6, 6.07) is 17.0. The molecule has 0 bridgehead atoms. The van der Waals surface area contributed by atoms with Gasteiger partial charge in [-0.05, 0) is 118 Å². The van der Waals surface area contributed by atoms with Crippen LogP contribution in [0.5, 0.6) is 0 Å². The smallest absolute Gasteiger partial charge is 0.338 e. The third kappa shape index (κ3) is 13.3. The molecule has 10 atom stereocenters. The largest absolute Gasteiger partial charge is 0.459 e. The molecule has 2 amide bonds. The number of nitrogens with one attached hydrogen (secondary N) is 2. The van der Waals surface area contributed by atoms with Crippen LogP contribution in [0.2, 0.25) is 0 Å². The van der Waals surface area contributed by atoms with Gasteiger partial charge in [0.25, 0.3) is 0 Å². The summed E-state index contributed by atoms with van der Waals surface area (Å²) in [4.78, 5) is 52.5. The van der Waals surface area contributed by atoms with Gasteiger partial charge in [-0.1, -0.05) is 36.4 Å². The van der Waals surface area contributed by atoms with E-state index in [1.165, 1.54) is 0 Å². The molecule has 5 rings (SSSR count). The number of benzene rings is 2. The van der Waals surface area contributed by atoms with Crippen LogP contribution in [0.15, 0.2) is 60.7 Å². The van der Waals surface area contributed by atoms with E-state index in [1.807, 2.05) is 19.1 Å². The number of carbonyl (C=O) groups is 4. The Kier molecular flexibility index (Phi) is 15.5. The average molecular weight is 809 g/mol. The first-order valence-corrected chi connectivity index (χ1v) is 20.8. The van der Waals surface area contributed by atoms with Crippen molar-refractivity contribution in [1.82, 2.24) is 10.6 Å². The van der Waals surface area contributed by atoms with Crippen LogP contribution >= 0.6 is 0 Å². The molecule has 2 aliphatic heterocycles. The van der Waals surface area contributed by atoms with E-state index in [4.69, 9.17) is 28.4 Å². The highest BCUT2D eigenvalue weighted by molar-refractivity contribution is 5.90. The quantitative estimate of drug-likeness (QED) is 0.100. The number of hydrogen-bond acceptors (Lipinski definition) is 11. The Morgan fingerprint density at radius 1 is 0.741 bits per heavy atom.